The van der Waals surface area contributed by atoms with Gasteiger partial charge in [0.1, 0.15) is 11.6 Å². The van der Waals surface area contributed by atoms with Crippen LogP contribution in [0.5, 0.6) is 0 Å². The number of hydrogen-bond donors (Lipinski definition) is 0. The second-order valence-corrected chi connectivity index (χ2v) is 7.59. The van der Waals surface area contributed by atoms with Crippen LogP contribution in [0, 0.1) is 26.6 Å². The maximum Gasteiger partial charge on any atom is 0.289 e. The minimum Gasteiger partial charge on any atom is -0.456 e. The molecule has 156 valence electrons. The molecule has 0 unspecified atom stereocenters. The number of aromatic nitrogens is 1. The van der Waals surface area contributed by atoms with E-state index in [4.69, 9.17) is 4.42 Å². The molecule has 0 radical (unpaired) electrons. The Balaban J connectivity index is 1.48. The second kappa shape index (κ2) is 7.82. The van der Waals surface area contributed by atoms with Crippen molar-refractivity contribution in [3.63, 3.8) is 0 Å². The van der Waals surface area contributed by atoms with E-state index < -0.39 is 0 Å². The summed E-state index contributed by atoms with van der Waals surface area (Å²) in [6.45, 7) is 7.37. The summed E-state index contributed by atoms with van der Waals surface area (Å²) in [4.78, 5) is 29.2. The van der Waals surface area contributed by atoms with Gasteiger partial charge in [-0.05, 0) is 57.2 Å². The smallest absolute Gasteiger partial charge is 0.289 e. The summed E-state index contributed by atoms with van der Waals surface area (Å²) in [6.07, 6.45) is 0. The Hall–Kier alpha value is -3.35. The predicted octanol–water partition coefficient (Wildman–Crippen LogP) is 3.73. The first kappa shape index (κ1) is 19.9. The van der Waals surface area contributed by atoms with Crippen molar-refractivity contribution in [2.45, 2.75) is 20.8 Å². The average molecular weight is 409 g/mol. The number of furan rings is 1. The Morgan fingerprint density at radius 1 is 0.900 bits per heavy atom. The summed E-state index contributed by atoms with van der Waals surface area (Å²) in [5.41, 5.74) is 2.92. The lowest BCUT2D eigenvalue weighted by atomic mass is 10.2. The van der Waals surface area contributed by atoms with Crippen molar-refractivity contribution < 1.29 is 18.4 Å². The number of piperazine rings is 1. The largest absolute Gasteiger partial charge is 0.456 e. The molecule has 3 heterocycles. The Morgan fingerprint density at radius 3 is 2.17 bits per heavy atom. The van der Waals surface area contributed by atoms with Gasteiger partial charge in [0.15, 0.2) is 5.76 Å². The molecule has 0 bridgehead atoms. The molecule has 1 saturated heterocycles. The van der Waals surface area contributed by atoms with Crippen molar-refractivity contribution in [3.8, 4) is 5.69 Å². The van der Waals surface area contributed by atoms with Gasteiger partial charge in [0.2, 0.25) is 0 Å². The highest BCUT2D eigenvalue weighted by molar-refractivity contribution is 5.96. The van der Waals surface area contributed by atoms with Gasteiger partial charge in [-0.15, -0.1) is 0 Å². The van der Waals surface area contributed by atoms with Gasteiger partial charge >= 0.3 is 0 Å². The number of nitrogens with zero attached hydrogens (tertiary/aromatic N) is 3. The zero-order valence-corrected chi connectivity index (χ0v) is 17.3. The fraction of sp³-hybridized carbons (Fsp3) is 0.304. The van der Waals surface area contributed by atoms with E-state index in [1.165, 1.54) is 12.1 Å². The molecule has 2 amide bonds. The summed E-state index contributed by atoms with van der Waals surface area (Å²) in [6, 6.07) is 11.6. The van der Waals surface area contributed by atoms with E-state index >= 15 is 0 Å². The van der Waals surface area contributed by atoms with Crippen LogP contribution in [0.4, 0.5) is 4.39 Å². The number of benzene rings is 1. The Labute approximate surface area is 174 Å². The zero-order chi connectivity index (χ0) is 21.4. The lowest BCUT2D eigenvalue weighted by Crippen LogP contribution is -2.50. The first-order chi connectivity index (χ1) is 14.3. The van der Waals surface area contributed by atoms with E-state index in [1.54, 1.807) is 34.9 Å². The minimum absolute atomic E-state index is 0.0771. The summed E-state index contributed by atoms with van der Waals surface area (Å²) in [5.74, 6) is 0.471. The van der Waals surface area contributed by atoms with E-state index in [2.05, 4.69) is 0 Å². The van der Waals surface area contributed by atoms with Gasteiger partial charge in [-0.25, -0.2) is 4.39 Å². The van der Waals surface area contributed by atoms with Crippen molar-refractivity contribution in [1.82, 2.24) is 14.4 Å². The van der Waals surface area contributed by atoms with E-state index in [9.17, 15) is 14.0 Å². The number of hydrogen-bond acceptors (Lipinski definition) is 3. The number of carbonyl (C=O) groups excluding carboxylic acids is 2. The molecule has 1 aliphatic heterocycles. The highest BCUT2D eigenvalue weighted by Gasteiger charge is 2.28. The molecule has 0 N–H and O–H groups in total. The molecule has 0 saturated carbocycles. The molecular formula is C23H24FN3O3. The maximum absolute atomic E-state index is 13.7. The lowest BCUT2D eigenvalue weighted by molar-refractivity contribution is 0.0517. The summed E-state index contributed by atoms with van der Waals surface area (Å²) in [7, 11) is 0. The molecule has 2 aromatic heterocycles. The van der Waals surface area contributed by atoms with Crippen LogP contribution >= 0.6 is 0 Å². The van der Waals surface area contributed by atoms with Crippen LogP contribution in [-0.4, -0.2) is 52.4 Å². The number of carbonyl (C=O) groups is 2. The minimum atomic E-state index is -0.319. The number of halogens is 1. The van der Waals surface area contributed by atoms with Gasteiger partial charge in [0, 0.05) is 43.3 Å². The molecule has 1 fully saturated rings. The molecule has 6 nitrogen and oxygen atoms in total. The molecule has 4 rings (SSSR count). The van der Waals surface area contributed by atoms with E-state index in [-0.39, 0.29) is 17.6 Å². The van der Waals surface area contributed by atoms with Crippen molar-refractivity contribution in [1.29, 1.82) is 0 Å². The van der Waals surface area contributed by atoms with Crippen LogP contribution < -0.4 is 0 Å². The Bertz CT molecular complexity index is 1110. The zero-order valence-electron chi connectivity index (χ0n) is 17.3. The number of aryl methyl sites for hydroxylation is 2. The van der Waals surface area contributed by atoms with Crippen molar-refractivity contribution in [3.05, 3.63) is 76.8 Å². The van der Waals surface area contributed by atoms with Crippen LogP contribution in [0.1, 0.15) is 38.1 Å². The fourth-order valence-corrected chi connectivity index (χ4v) is 3.98. The Kier molecular flexibility index (Phi) is 5.20. The van der Waals surface area contributed by atoms with Crippen LogP contribution in [0.2, 0.25) is 0 Å². The molecule has 0 aliphatic carbocycles. The molecule has 0 spiro atoms. The molecule has 0 atom stereocenters. The fourth-order valence-electron chi connectivity index (χ4n) is 3.98. The van der Waals surface area contributed by atoms with Crippen molar-refractivity contribution >= 4 is 11.8 Å². The Morgan fingerprint density at radius 2 is 1.57 bits per heavy atom. The first-order valence-corrected chi connectivity index (χ1v) is 9.95. The van der Waals surface area contributed by atoms with Gasteiger partial charge in [0.05, 0.1) is 5.56 Å². The predicted molar refractivity (Wildman–Crippen MR) is 110 cm³/mol. The summed E-state index contributed by atoms with van der Waals surface area (Å²) >= 11 is 0. The van der Waals surface area contributed by atoms with E-state index in [1.807, 2.05) is 30.5 Å². The molecule has 3 aromatic rings. The van der Waals surface area contributed by atoms with Gasteiger partial charge < -0.3 is 18.8 Å². The third kappa shape index (κ3) is 3.63. The first-order valence-electron chi connectivity index (χ1n) is 9.95. The SMILES string of the molecule is Cc1ccc(C(=O)N2CCN(C(=O)c3cc(C)n(-c4cccc(F)c4)c3C)CC2)o1. The summed E-state index contributed by atoms with van der Waals surface area (Å²) < 4.78 is 21.0. The third-order valence-corrected chi connectivity index (χ3v) is 5.53. The average Bonchev–Trinajstić information content (AvgIpc) is 3.29. The van der Waals surface area contributed by atoms with Gasteiger partial charge in [-0.1, -0.05) is 6.07 Å². The van der Waals surface area contributed by atoms with Crippen LogP contribution in [0.15, 0.2) is 46.9 Å². The van der Waals surface area contributed by atoms with E-state index in [0.717, 1.165) is 11.4 Å². The third-order valence-electron chi connectivity index (χ3n) is 5.53. The van der Waals surface area contributed by atoms with Crippen molar-refractivity contribution in [2.75, 3.05) is 26.2 Å². The molecule has 1 aromatic carbocycles. The molecular weight excluding hydrogens is 385 g/mol. The van der Waals surface area contributed by atoms with Crippen LogP contribution in [-0.2, 0) is 0 Å². The second-order valence-electron chi connectivity index (χ2n) is 7.59. The van der Waals surface area contributed by atoms with Gasteiger partial charge in [-0.3, -0.25) is 9.59 Å². The standard InChI is InChI=1S/C23H24FN3O3/c1-15-13-20(17(3)27(15)19-6-4-5-18(24)14-19)22(28)25-9-11-26(12-10-25)23(29)21-8-7-16(2)30-21/h4-8,13-14H,9-12H2,1-3H3. The normalized spacial score (nSPS) is 14.3. The maximum atomic E-state index is 13.7. The highest BCUT2D eigenvalue weighted by atomic mass is 19.1. The van der Waals surface area contributed by atoms with Gasteiger partial charge in [-0.2, -0.15) is 0 Å². The summed E-state index contributed by atoms with van der Waals surface area (Å²) in [5, 5.41) is 0. The highest BCUT2D eigenvalue weighted by Crippen LogP contribution is 2.23. The lowest BCUT2D eigenvalue weighted by Gasteiger charge is -2.34. The molecule has 30 heavy (non-hydrogen) atoms. The van der Waals surface area contributed by atoms with Crippen LogP contribution in [0.25, 0.3) is 5.69 Å². The van der Waals surface area contributed by atoms with Gasteiger partial charge in [0.25, 0.3) is 11.8 Å². The quantitative estimate of drug-likeness (QED) is 0.662. The van der Waals surface area contributed by atoms with Crippen LogP contribution in [0.3, 0.4) is 0 Å². The van der Waals surface area contributed by atoms with Crippen molar-refractivity contribution in [2.24, 2.45) is 0 Å². The molecule has 7 heteroatoms. The number of amides is 2. The monoisotopic (exact) mass is 409 g/mol. The number of rotatable bonds is 3. The topological polar surface area (TPSA) is 58.7 Å². The molecule has 1 aliphatic rings. The van der Waals surface area contributed by atoms with E-state index in [0.29, 0.717) is 49.0 Å².